The summed E-state index contributed by atoms with van der Waals surface area (Å²) in [6.07, 6.45) is 19.8. The highest BCUT2D eigenvalue weighted by Gasteiger charge is 2.08. The summed E-state index contributed by atoms with van der Waals surface area (Å²) in [4.78, 5) is 0. The lowest BCUT2D eigenvalue weighted by Gasteiger charge is -2.09. The molecule has 14 heavy (non-hydrogen) atoms. The summed E-state index contributed by atoms with van der Waals surface area (Å²) in [5.74, 6) is 0.680. The topological polar surface area (TPSA) is 0 Å². The van der Waals surface area contributed by atoms with Gasteiger partial charge >= 0.3 is 0 Å². The molecule has 0 aromatic heterocycles. The van der Waals surface area contributed by atoms with Crippen LogP contribution >= 0.6 is 0 Å². The molecule has 0 bridgehead atoms. The minimum absolute atomic E-state index is 0.680. The molecular weight excluding hydrogens is 168 g/mol. The zero-order valence-electron chi connectivity index (χ0n) is 8.61. The molecule has 0 heterocycles. The molecule has 0 saturated heterocycles. The Morgan fingerprint density at radius 2 is 2.07 bits per heavy atom. The van der Waals surface area contributed by atoms with E-state index in [1.54, 1.807) is 5.57 Å². The molecule has 2 rings (SSSR count). The molecule has 0 aliphatic heterocycles. The molecule has 0 aromatic rings. The van der Waals surface area contributed by atoms with Gasteiger partial charge in [-0.3, -0.25) is 0 Å². The lowest BCUT2D eigenvalue weighted by molar-refractivity contribution is 0.682. The molecule has 0 heteroatoms. The van der Waals surface area contributed by atoms with Gasteiger partial charge in [0.2, 0.25) is 0 Å². The van der Waals surface area contributed by atoms with Gasteiger partial charge in [-0.25, -0.2) is 0 Å². The molecule has 72 valence electrons. The maximum atomic E-state index is 2.32. The summed E-state index contributed by atoms with van der Waals surface area (Å²) in [5, 5.41) is 0. The van der Waals surface area contributed by atoms with Crippen molar-refractivity contribution in [2.75, 3.05) is 0 Å². The Kier molecular flexibility index (Phi) is 2.83. The molecule has 0 spiro atoms. The van der Waals surface area contributed by atoms with E-state index in [0.29, 0.717) is 5.92 Å². The van der Waals surface area contributed by atoms with E-state index in [4.69, 9.17) is 0 Å². The first-order valence-corrected chi connectivity index (χ1v) is 5.27. The van der Waals surface area contributed by atoms with Crippen LogP contribution in [0.1, 0.15) is 19.8 Å². The van der Waals surface area contributed by atoms with Gasteiger partial charge in [-0.05, 0) is 24.3 Å². The minimum atomic E-state index is 0.680. The Hall–Kier alpha value is -1.30. The van der Waals surface area contributed by atoms with E-state index in [2.05, 4.69) is 55.5 Å². The molecule has 0 aromatic carbocycles. The van der Waals surface area contributed by atoms with Crippen LogP contribution in [0.2, 0.25) is 0 Å². The molecule has 1 atom stereocenters. The monoisotopic (exact) mass is 184 g/mol. The summed E-state index contributed by atoms with van der Waals surface area (Å²) in [6.45, 7) is 2.30. The van der Waals surface area contributed by atoms with Gasteiger partial charge in [0, 0.05) is 0 Å². The lowest BCUT2D eigenvalue weighted by atomic mass is 9.96. The van der Waals surface area contributed by atoms with Gasteiger partial charge < -0.3 is 0 Å². The summed E-state index contributed by atoms with van der Waals surface area (Å²) < 4.78 is 0. The van der Waals surface area contributed by atoms with Gasteiger partial charge in [0.05, 0.1) is 0 Å². The van der Waals surface area contributed by atoms with Crippen molar-refractivity contribution in [1.82, 2.24) is 0 Å². The van der Waals surface area contributed by atoms with Crippen LogP contribution in [0.4, 0.5) is 0 Å². The van der Waals surface area contributed by atoms with E-state index in [1.165, 1.54) is 5.57 Å². The average Bonchev–Trinajstić information content (AvgIpc) is 2.87. The lowest BCUT2D eigenvalue weighted by Crippen LogP contribution is -1.95. The molecular formula is C14H16. The highest BCUT2D eigenvalue weighted by atomic mass is 14.1. The van der Waals surface area contributed by atoms with Crippen molar-refractivity contribution in [2.24, 2.45) is 5.92 Å². The van der Waals surface area contributed by atoms with Crippen molar-refractivity contribution in [2.45, 2.75) is 19.8 Å². The van der Waals surface area contributed by atoms with Crippen LogP contribution in [-0.2, 0) is 0 Å². The third-order valence-corrected chi connectivity index (χ3v) is 2.83. The van der Waals surface area contributed by atoms with Crippen molar-refractivity contribution in [1.29, 1.82) is 0 Å². The highest BCUT2D eigenvalue weighted by molar-refractivity contribution is 5.40. The van der Waals surface area contributed by atoms with Gasteiger partial charge in [-0.1, -0.05) is 61.1 Å². The first-order valence-electron chi connectivity index (χ1n) is 5.27. The van der Waals surface area contributed by atoms with Crippen LogP contribution < -0.4 is 0 Å². The number of rotatable bonds is 3. The first kappa shape index (κ1) is 9.26. The largest absolute Gasteiger partial charge is 0.0805 e. The van der Waals surface area contributed by atoms with Crippen LogP contribution in [-0.4, -0.2) is 0 Å². The van der Waals surface area contributed by atoms with Crippen LogP contribution in [0.25, 0.3) is 0 Å². The maximum absolute atomic E-state index is 2.32. The Morgan fingerprint density at radius 3 is 2.71 bits per heavy atom. The zero-order chi connectivity index (χ0) is 9.80. The van der Waals surface area contributed by atoms with E-state index in [1.807, 2.05) is 0 Å². The number of allylic oxidation sites excluding steroid dienone is 10. The van der Waals surface area contributed by atoms with E-state index >= 15 is 0 Å². The molecule has 0 fully saturated rings. The summed E-state index contributed by atoms with van der Waals surface area (Å²) in [7, 11) is 0. The molecule has 0 N–H and O–H groups in total. The van der Waals surface area contributed by atoms with Crippen molar-refractivity contribution in [3.63, 3.8) is 0 Å². The maximum Gasteiger partial charge on any atom is -0.0130 e. The second-order valence-electron chi connectivity index (χ2n) is 3.93. The van der Waals surface area contributed by atoms with E-state index in [9.17, 15) is 0 Å². The Bertz CT molecular complexity index is 334. The smallest absolute Gasteiger partial charge is 0.0130 e. The Morgan fingerprint density at radius 1 is 1.29 bits per heavy atom. The van der Waals surface area contributed by atoms with Crippen molar-refractivity contribution in [3.8, 4) is 0 Å². The quantitative estimate of drug-likeness (QED) is 0.623. The summed E-state index contributed by atoms with van der Waals surface area (Å²) in [5.41, 5.74) is 2.91. The Balaban J connectivity index is 1.89. The summed E-state index contributed by atoms with van der Waals surface area (Å²) in [6, 6.07) is 0. The predicted molar refractivity (Wildman–Crippen MR) is 62.0 cm³/mol. The van der Waals surface area contributed by atoms with E-state index in [-0.39, 0.29) is 0 Å². The fourth-order valence-corrected chi connectivity index (χ4v) is 1.82. The molecule has 0 amide bonds. The second kappa shape index (κ2) is 4.28. The van der Waals surface area contributed by atoms with Gasteiger partial charge in [0.25, 0.3) is 0 Å². The van der Waals surface area contributed by atoms with Gasteiger partial charge in [-0.15, -0.1) is 0 Å². The molecule has 0 nitrogen and oxygen atoms in total. The normalized spacial score (nSPS) is 20.4. The summed E-state index contributed by atoms with van der Waals surface area (Å²) >= 11 is 0. The molecule has 0 saturated carbocycles. The average molecular weight is 184 g/mol. The standard InChI is InChI=1S/C14H16/c1-12(14-8-4-5-9-14)10-11-13-6-2-3-7-13/h2-8,11-12H,9-10H2,1H3. The third-order valence-electron chi connectivity index (χ3n) is 2.83. The van der Waals surface area contributed by atoms with E-state index < -0.39 is 0 Å². The van der Waals surface area contributed by atoms with Crippen LogP contribution in [0.15, 0.2) is 59.8 Å². The Labute approximate surface area is 86.0 Å². The van der Waals surface area contributed by atoms with Gasteiger partial charge in [0.1, 0.15) is 0 Å². The van der Waals surface area contributed by atoms with Gasteiger partial charge in [0.15, 0.2) is 0 Å². The van der Waals surface area contributed by atoms with Crippen molar-refractivity contribution in [3.05, 3.63) is 59.8 Å². The number of hydrogen-bond acceptors (Lipinski definition) is 0. The number of hydrogen-bond donors (Lipinski definition) is 0. The van der Waals surface area contributed by atoms with E-state index in [0.717, 1.165) is 12.8 Å². The first-order chi connectivity index (χ1) is 6.86. The van der Waals surface area contributed by atoms with Crippen LogP contribution in [0, 0.1) is 5.92 Å². The molecule has 2 aliphatic rings. The minimum Gasteiger partial charge on any atom is -0.0805 e. The fraction of sp³-hybridized carbons (Fsp3) is 0.286. The zero-order valence-corrected chi connectivity index (χ0v) is 8.61. The fourth-order valence-electron chi connectivity index (χ4n) is 1.82. The highest BCUT2D eigenvalue weighted by Crippen LogP contribution is 2.24. The van der Waals surface area contributed by atoms with Crippen LogP contribution in [0.5, 0.6) is 0 Å². The van der Waals surface area contributed by atoms with Crippen molar-refractivity contribution >= 4 is 0 Å². The second-order valence-corrected chi connectivity index (χ2v) is 3.93. The molecule has 1 unspecified atom stereocenters. The van der Waals surface area contributed by atoms with Crippen LogP contribution in [0.3, 0.4) is 0 Å². The van der Waals surface area contributed by atoms with Gasteiger partial charge in [-0.2, -0.15) is 0 Å². The van der Waals surface area contributed by atoms with Crippen molar-refractivity contribution < 1.29 is 0 Å². The molecule has 0 radical (unpaired) electrons. The third kappa shape index (κ3) is 2.14. The SMILES string of the molecule is CC(CC=C1C=CC=C1)C1=CC=CC1. The predicted octanol–water partition coefficient (Wildman–Crippen LogP) is 3.95. The molecule has 2 aliphatic carbocycles.